The predicted molar refractivity (Wildman–Crippen MR) is 69.1 cm³/mol. The fourth-order valence-electron chi connectivity index (χ4n) is 2.09. The van der Waals surface area contributed by atoms with Gasteiger partial charge >= 0.3 is 0 Å². The zero-order valence-electron chi connectivity index (χ0n) is 10.4. The maximum absolute atomic E-state index is 10.5. The van der Waals surface area contributed by atoms with E-state index in [1.165, 1.54) is 11.3 Å². The Kier molecular flexibility index (Phi) is 5.03. The summed E-state index contributed by atoms with van der Waals surface area (Å²) in [7, 11) is 4.12. The minimum absolute atomic E-state index is 0.490. The van der Waals surface area contributed by atoms with Gasteiger partial charge in [-0.25, -0.2) is 0 Å². The number of hydrogen-bond donors (Lipinski definition) is 0. The third-order valence-corrected chi connectivity index (χ3v) is 2.98. The molecule has 1 aromatic carbocycles. The fourth-order valence-corrected chi connectivity index (χ4v) is 2.09. The van der Waals surface area contributed by atoms with Crippen molar-refractivity contribution in [3.63, 3.8) is 0 Å². The van der Waals surface area contributed by atoms with Crippen LogP contribution in [0.2, 0.25) is 0 Å². The Balaban J connectivity index is 2.94. The Morgan fingerprint density at radius 2 is 2.00 bits per heavy atom. The van der Waals surface area contributed by atoms with E-state index in [4.69, 9.17) is 0 Å². The Morgan fingerprint density at radius 3 is 2.56 bits per heavy atom. The lowest BCUT2D eigenvalue weighted by molar-refractivity contribution is -0.108. The molecule has 16 heavy (non-hydrogen) atoms. The van der Waals surface area contributed by atoms with Crippen LogP contribution < -0.4 is 4.90 Å². The number of anilines is 1. The summed E-state index contributed by atoms with van der Waals surface area (Å²) in [6.45, 7) is 2.18. The third-order valence-electron chi connectivity index (χ3n) is 2.98. The first-order valence-corrected chi connectivity index (χ1v) is 5.90. The lowest BCUT2D eigenvalue weighted by atomic mass is 9.90. The van der Waals surface area contributed by atoms with Crippen LogP contribution in [0.25, 0.3) is 0 Å². The molecule has 0 amide bonds. The SMILES string of the molecule is CCC(CCC=O)c1ccccc1N(C)C. The molecule has 0 heterocycles. The van der Waals surface area contributed by atoms with Gasteiger partial charge in [0.25, 0.3) is 0 Å². The van der Waals surface area contributed by atoms with Crippen LogP contribution in [0.1, 0.15) is 37.7 Å². The number of nitrogens with zero attached hydrogens (tertiary/aromatic N) is 1. The number of hydrogen-bond acceptors (Lipinski definition) is 2. The van der Waals surface area contributed by atoms with E-state index >= 15 is 0 Å². The molecule has 0 aliphatic heterocycles. The average Bonchev–Trinajstić information content (AvgIpc) is 2.30. The zero-order chi connectivity index (χ0) is 12.0. The quantitative estimate of drug-likeness (QED) is 0.685. The molecular weight excluding hydrogens is 198 g/mol. The van der Waals surface area contributed by atoms with Crippen molar-refractivity contribution in [3.8, 4) is 0 Å². The molecule has 1 atom stereocenters. The molecule has 0 aromatic heterocycles. The van der Waals surface area contributed by atoms with E-state index in [1.54, 1.807) is 0 Å². The number of carbonyl (C=O) groups is 1. The Labute approximate surface area is 98.3 Å². The summed E-state index contributed by atoms with van der Waals surface area (Å²) in [5, 5.41) is 0. The van der Waals surface area contributed by atoms with Gasteiger partial charge in [0.2, 0.25) is 0 Å². The van der Waals surface area contributed by atoms with Gasteiger partial charge in [-0.1, -0.05) is 25.1 Å². The van der Waals surface area contributed by atoms with Gasteiger partial charge in [0.05, 0.1) is 0 Å². The molecule has 1 rings (SSSR count). The van der Waals surface area contributed by atoms with Crippen LogP contribution in [-0.2, 0) is 4.79 Å². The van der Waals surface area contributed by atoms with Crippen molar-refractivity contribution in [1.29, 1.82) is 0 Å². The highest BCUT2D eigenvalue weighted by Gasteiger charge is 2.13. The van der Waals surface area contributed by atoms with E-state index in [0.717, 1.165) is 19.1 Å². The molecular formula is C14H21NO. The second kappa shape index (κ2) is 6.31. The second-order valence-corrected chi connectivity index (χ2v) is 4.30. The van der Waals surface area contributed by atoms with Gasteiger partial charge < -0.3 is 9.69 Å². The molecule has 0 saturated heterocycles. The van der Waals surface area contributed by atoms with Gasteiger partial charge in [0.1, 0.15) is 6.29 Å². The van der Waals surface area contributed by atoms with E-state index in [1.807, 2.05) is 0 Å². The van der Waals surface area contributed by atoms with Gasteiger partial charge in [0.15, 0.2) is 0 Å². The molecule has 88 valence electrons. The lowest BCUT2D eigenvalue weighted by Crippen LogP contribution is -2.13. The maximum atomic E-state index is 10.5. The number of para-hydroxylation sites is 1. The van der Waals surface area contributed by atoms with Crippen LogP contribution in [0, 0.1) is 0 Å². The molecule has 2 nitrogen and oxygen atoms in total. The van der Waals surface area contributed by atoms with Crippen LogP contribution in [-0.4, -0.2) is 20.4 Å². The third kappa shape index (κ3) is 3.09. The summed E-state index contributed by atoms with van der Waals surface area (Å²) < 4.78 is 0. The fraction of sp³-hybridized carbons (Fsp3) is 0.500. The van der Waals surface area contributed by atoms with Gasteiger partial charge in [0, 0.05) is 26.2 Å². The van der Waals surface area contributed by atoms with E-state index in [9.17, 15) is 4.79 Å². The predicted octanol–water partition coefficient (Wildman–Crippen LogP) is 3.23. The molecule has 0 bridgehead atoms. The maximum Gasteiger partial charge on any atom is 0.120 e. The second-order valence-electron chi connectivity index (χ2n) is 4.30. The lowest BCUT2D eigenvalue weighted by Gasteiger charge is -2.22. The van der Waals surface area contributed by atoms with Gasteiger partial charge in [-0.3, -0.25) is 0 Å². The standard InChI is InChI=1S/C14H21NO/c1-4-12(8-7-11-16)13-9-5-6-10-14(13)15(2)3/h5-6,9-12H,4,7-8H2,1-3H3. The van der Waals surface area contributed by atoms with Gasteiger partial charge in [-0.2, -0.15) is 0 Å². The molecule has 0 fully saturated rings. The zero-order valence-corrected chi connectivity index (χ0v) is 10.4. The Hall–Kier alpha value is -1.31. The normalized spacial score (nSPS) is 12.2. The van der Waals surface area contributed by atoms with Crippen molar-refractivity contribution < 1.29 is 4.79 Å². The molecule has 0 radical (unpaired) electrons. The Morgan fingerprint density at radius 1 is 1.31 bits per heavy atom. The first-order valence-electron chi connectivity index (χ1n) is 5.90. The molecule has 0 spiro atoms. The molecule has 1 aromatic rings. The van der Waals surface area contributed by atoms with Crippen LogP contribution >= 0.6 is 0 Å². The van der Waals surface area contributed by atoms with E-state index in [2.05, 4.69) is 50.2 Å². The minimum atomic E-state index is 0.490. The number of rotatable bonds is 6. The van der Waals surface area contributed by atoms with Crippen molar-refractivity contribution in [3.05, 3.63) is 29.8 Å². The van der Waals surface area contributed by atoms with E-state index in [0.29, 0.717) is 12.3 Å². The first-order chi connectivity index (χ1) is 7.70. The highest BCUT2D eigenvalue weighted by Crippen LogP contribution is 2.31. The summed E-state index contributed by atoms with van der Waals surface area (Å²) in [5.41, 5.74) is 2.62. The summed E-state index contributed by atoms with van der Waals surface area (Å²) >= 11 is 0. The average molecular weight is 219 g/mol. The van der Waals surface area contributed by atoms with Crippen molar-refractivity contribution >= 4 is 12.0 Å². The number of benzene rings is 1. The van der Waals surface area contributed by atoms with Crippen LogP contribution in [0.5, 0.6) is 0 Å². The molecule has 2 heteroatoms. The van der Waals surface area contributed by atoms with Crippen LogP contribution in [0.15, 0.2) is 24.3 Å². The minimum Gasteiger partial charge on any atom is -0.377 e. The summed E-state index contributed by atoms with van der Waals surface area (Å²) in [6, 6.07) is 8.45. The molecule has 1 unspecified atom stereocenters. The van der Waals surface area contributed by atoms with Crippen molar-refractivity contribution in [2.75, 3.05) is 19.0 Å². The smallest absolute Gasteiger partial charge is 0.120 e. The van der Waals surface area contributed by atoms with Crippen molar-refractivity contribution in [1.82, 2.24) is 0 Å². The number of aldehydes is 1. The monoisotopic (exact) mass is 219 g/mol. The molecule has 0 aliphatic carbocycles. The molecule has 0 aliphatic rings. The van der Waals surface area contributed by atoms with E-state index in [-0.39, 0.29) is 0 Å². The van der Waals surface area contributed by atoms with Crippen LogP contribution in [0.3, 0.4) is 0 Å². The van der Waals surface area contributed by atoms with Crippen molar-refractivity contribution in [2.45, 2.75) is 32.1 Å². The topological polar surface area (TPSA) is 20.3 Å². The Bertz CT molecular complexity index is 333. The van der Waals surface area contributed by atoms with Crippen LogP contribution in [0.4, 0.5) is 5.69 Å². The highest BCUT2D eigenvalue weighted by molar-refractivity contribution is 5.55. The van der Waals surface area contributed by atoms with Gasteiger partial charge in [-0.15, -0.1) is 0 Å². The summed E-state index contributed by atoms with van der Waals surface area (Å²) in [4.78, 5) is 12.6. The molecule has 0 saturated carbocycles. The highest BCUT2D eigenvalue weighted by atomic mass is 16.1. The largest absolute Gasteiger partial charge is 0.377 e. The molecule has 0 N–H and O–H groups in total. The van der Waals surface area contributed by atoms with E-state index < -0.39 is 0 Å². The van der Waals surface area contributed by atoms with Crippen molar-refractivity contribution in [2.24, 2.45) is 0 Å². The first kappa shape index (κ1) is 12.8. The number of carbonyl (C=O) groups excluding carboxylic acids is 1. The van der Waals surface area contributed by atoms with Gasteiger partial charge in [-0.05, 0) is 30.4 Å². The summed E-state index contributed by atoms with van der Waals surface area (Å²) in [6.07, 6.45) is 3.70. The summed E-state index contributed by atoms with van der Waals surface area (Å²) in [5.74, 6) is 0.490.